The van der Waals surface area contributed by atoms with Gasteiger partial charge < -0.3 is 22.1 Å². The number of hydrogen-bond acceptors (Lipinski definition) is 4. The average molecular weight is 242 g/mol. The molecule has 2 atom stereocenters. The van der Waals surface area contributed by atoms with Gasteiger partial charge in [-0.1, -0.05) is 0 Å². The molecule has 0 aromatic rings. The standard InChI is InChI=1S/C11H22N4O2/c12-6-2-1-4-8(10(13)16)15-11(17)9-5-3-7-14-9/h8-9,14H,1-7,12H2,(H2,13,16)(H,15,17)/t8-,9-/m0/s1. The molecule has 0 aliphatic carbocycles. The normalized spacial score (nSPS) is 21.1. The Hall–Kier alpha value is -1.14. The lowest BCUT2D eigenvalue weighted by Gasteiger charge is -2.18. The Labute approximate surface area is 101 Å². The number of hydrogen-bond donors (Lipinski definition) is 4. The lowest BCUT2D eigenvalue weighted by molar-refractivity contribution is -0.128. The van der Waals surface area contributed by atoms with E-state index in [4.69, 9.17) is 11.5 Å². The highest BCUT2D eigenvalue weighted by molar-refractivity contribution is 5.89. The van der Waals surface area contributed by atoms with E-state index >= 15 is 0 Å². The summed E-state index contributed by atoms with van der Waals surface area (Å²) in [5.41, 5.74) is 10.6. The number of carbonyl (C=O) groups excluding carboxylic acids is 2. The third-order valence-electron chi connectivity index (χ3n) is 2.98. The van der Waals surface area contributed by atoms with Crippen molar-refractivity contribution in [1.82, 2.24) is 10.6 Å². The fourth-order valence-electron chi connectivity index (χ4n) is 1.96. The van der Waals surface area contributed by atoms with Gasteiger partial charge in [-0.25, -0.2) is 0 Å². The fraction of sp³-hybridized carbons (Fsp3) is 0.818. The lowest BCUT2D eigenvalue weighted by Crippen LogP contribution is -2.50. The van der Waals surface area contributed by atoms with Crippen LogP contribution < -0.4 is 22.1 Å². The third kappa shape index (κ3) is 4.70. The molecule has 1 heterocycles. The van der Waals surface area contributed by atoms with Gasteiger partial charge in [0.25, 0.3) is 0 Å². The van der Waals surface area contributed by atoms with Crippen molar-refractivity contribution in [2.45, 2.75) is 44.2 Å². The molecule has 17 heavy (non-hydrogen) atoms. The van der Waals surface area contributed by atoms with Crippen molar-refractivity contribution in [2.75, 3.05) is 13.1 Å². The summed E-state index contributed by atoms with van der Waals surface area (Å²) in [6, 6.07) is -0.747. The van der Waals surface area contributed by atoms with Crippen LogP contribution in [0.5, 0.6) is 0 Å². The number of rotatable bonds is 7. The number of amides is 2. The van der Waals surface area contributed by atoms with Crippen LogP contribution in [0, 0.1) is 0 Å². The van der Waals surface area contributed by atoms with Crippen LogP contribution in [0.2, 0.25) is 0 Å². The molecule has 1 aliphatic rings. The molecule has 6 heteroatoms. The largest absolute Gasteiger partial charge is 0.368 e. The number of primary amides is 1. The number of carbonyl (C=O) groups is 2. The van der Waals surface area contributed by atoms with E-state index in [1.54, 1.807) is 0 Å². The van der Waals surface area contributed by atoms with Crippen LogP contribution in [0.1, 0.15) is 32.1 Å². The highest BCUT2D eigenvalue weighted by Gasteiger charge is 2.25. The molecule has 0 unspecified atom stereocenters. The van der Waals surface area contributed by atoms with Crippen molar-refractivity contribution in [3.63, 3.8) is 0 Å². The van der Waals surface area contributed by atoms with Crippen LogP contribution in [0.15, 0.2) is 0 Å². The molecule has 0 aromatic carbocycles. The van der Waals surface area contributed by atoms with Gasteiger partial charge in [0, 0.05) is 0 Å². The van der Waals surface area contributed by atoms with Crippen LogP contribution >= 0.6 is 0 Å². The zero-order chi connectivity index (χ0) is 12.7. The first-order valence-corrected chi connectivity index (χ1v) is 6.18. The van der Waals surface area contributed by atoms with Crippen molar-refractivity contribution in [3.05, 3.63) is 0 Å². The summed E-state index contributed by atoms with van der Waals surface area (Å²) in [5.74, 6) is -0.604. The maximum Gasteiger partial charge on any atom is 0.240 e. The summed E-state index contributed by atoms with van der Waals surface area (Å²) < 4.78 is 0. The van der Waals surface area contributed by atoms with Crippen LogP contribution in [0.25, 0.3) is 0 Å². The van der Waals surface area contributed by atoms with Crippen molar-refractivity contribution >= 4 is 11.8 Å². The third-order valence-corrected chi connectivity index (χ3v) is 2.98. The molecule has 6 N–H and O–H groups in total. The minimum Gasteiger partial charge on any atom is -0.368 e. The van der Waals surface area contributed by atoms with E-state index < -0.39 is 11.9 Å². The monoisotopic (exact) mass is 242 g/mol. The molecule has 2 amide bonds. The first kappa shape index (κ1) is 13.9. The second kappa shape index (κ2) is 7.24. The molecule has 6 nitrogen and oxygen atoms in total. The van der Waals surface area contributed by atoms with E-state index in [2.05, 4.69) is 10.6 Å². The smallest absolute Gasteiger partial charge is 0.240 e. The molecule has 0 radical (unpaired) electrons. The average Bonchev–Trinajstić information content (AvgIpc) is 2.81. The highest BCUT2D eigenvalue weighted by atomic mass is 16.2. The van der Waals surface area contributed by atoms with Crippen molar-refractivity contribution < 1.29 is 9.59 Å². The Kier molecular flexibility index (Phi) is 5.93. The number of nitrogens with one attached hydrogen (secondary N) is 2. The lowest BCUT2D eigenvalue weighted by atomic mass is 10.1. The molecule has 0 saturated carbocycles. The first-order valence-electron chi connectivity index (χ1n) is 6.18. The Bertz CT molecular complexity index is 264. The Balaban J connectivity index is 2.36. The quantitative estimate of drug-likeness (QED) is 0.422. The van der Waals surface area contributed by atoms with E-state index in [1.165, 1.54) is 0 Å². The van der Waals surface area contributed by atoms with Gasteiger partial charge in [-0.3, -0.25) is 9.59 Å². The predicted octanol–water partition coefficient (Wildman–Crippen LogP) is -1.16. The SMILES string of the molecule is NCCCC[C@H](NC(=O)[C@@H]1CCCN1)C(N)=O. The Morgan fingerprint density at radius 3 is 2.71 bits per heavy atom. The zero-order valence-electron chi connectivity index (χ0n) is 10.1. The fourth-order valence-corrected chi connectivity index (χ4v) is 1.96. The van der Waals surface area contributed by atoms with E-state index in [0.29, 0.717) is 13.0 Å². The molecular formula is C11H22N4O2. The van der Waals surface area contributed by atoms with Gasteiger partial charge in [0.1, 0.15) is 6.04 Å². The topological polar surface area (TPSA) is 110 Å². The van der Waals surface area contributed by atoms with E-state index in [0.717, 1.165) is 32.2 Å². The van der Waals surface area contributed by atoms with Gasteiger partial charge in [-0.05, 0) is 45.2 Å². The minimum absolute atomic E-state index is 0.126. The Morgan fingerprint density at radius 2 is 2.18 bits per heavy atom. The van der Waals surface area contributed by atoms with Crippen LogP contribution in [0.4, 0.5) is 0 Å². The van der Waals surface area contributed by atoms with Crippen LogP contribution in [-0.2, 0) is 9.59 Å². The van der Waals surface area contributed by atoms with Crippen molar-refractivity contribution in [3.8, 4) is 0 Å². The van der Waals surface area contributed by atoms with Gasteiger partial charge in [-0.15, -0.1) is 0 Å². The first-order chi connectivity index (χ1) is 8.15. The molecule has 1 rings (SSSR count). The maximum absolute atomic E-state index is 11.8. The van der Waals surface area contributed by atoms with Crippen LogP contribution in [0.3, 0.4) is 0 Å². The van der Waals surface area contributed by atoms with Crippen LogP contribution in [-0.4, -0.2) is 37.0 Å². The minimum atomic E-state index is -0.573. The maximum atomic E-state index is 11.8. The molecule has 98 valence electrons. The second-order valence-corrected chi connectivity index (χ2v) is 4.40. The van der Waals surface area contributed by atoms with E-state index in [1.807, 2.05) is 0 Å². The summed E-state index contributed by atoms with van der Waals surface area (Å²) in [5, 5.41) is 5.78. The van der Waals surface area contributed by atoms with Crippen molar-refractivity contribution in [2.24, 2.45) is 11.5 Å². The summed E-state index contributed by atoms with van der Waals surface area (Å²) >= 11 is 0. The molecular weight excluding hydrogens is 220 g/mol. The Morgan fingerprint density at radius 1 is 1.41 bits per heavy atom. The summed E-state index contributed by atoms with van der Waals surface area (Å²) in [6.45, 7) is 1.44. The predicted molar refractivity (Wildman–Crippen MR) is 65.1 cm³/mol. The molecule has 1 aliphatic heterocycles. The summed E-state index contributed by atoms with van der Waals surface area (Å²) in [4.78, 5) is 23.0. The van der Waals surface area contributed by atoms with Gasteiger partial charge in [0.05, 0.1) is 6.04 Å². The highest BCUT2D eigenvalue weighted by Crippen LogP contribution is 2.06. The second-order valence-electron chi connectivity index (χ2n) is 4.40. The summed E-state index contributed by atoms with van der Waals surface area (Å²) in [7, 11) is 0. The number of nitrogens with two attached hydrogens (primary N) is 2. The van der Waals surface area contributed by atoms with Gasteiger partial charge in [0.15, 0.2) is 0 Å². The van der Waals surface area contributed by atoms with Gasteiger partial charge in [-0.2, -0.15) is 0 Å². The molecule has 0 spiro atoms. The van der Waals surface area contributed by atoms with Crippen molar-refractivity contribution in [1.29, 1.82) is 0 Å². The molecule has 1 fully saturated rings. The molecule has 1 saturated heterocycles. The van der Waals surface area contributed by atoms with Gasteiger partial charge in [0.2, 0.25) is 11.8 Å². The summed E-state index contributed by atoms with van der Waals surface area (Å²) in [6.07, 6.45) is 4.00. The number of unbranched alkanes of at least 4 members (excludes halogenated alkanes) is 1. The van der Waals surface area contributed by atoms with E-state index in [-0.39, 0.29) is 11.9 Å². The molecule has 0 aromatic heterocycles. The molecule has 0 bridgehead atoms. The zero-order valence-corrected chi connectivity index (χ0v) is 10.1. The van der Waals surface area contributed by atoms with Gasteiger partial charge >= 0.3 is 0 Å². The van der Waals surface area contributed by atoms with E-state index in [9.17, 15) is 9.59 Å².